The van der Waals surface area contributed by atoms with Gasteiger partial charge in [-0.3, -0.25) is 4.79 Å². The Morgan fingerprint density at radius 1 is 1.00 bits per heavy atom. The SMILES string of the molecule is Cc1nsc2cc(-c3ccc(CC4(C(=O)Nc5cccc(/C=C/C(=O)O)c5)CCCCC4)cc3)ccc12. The van der Waals surface area contributed by atoms with Crippen LogP contribution in [0, 0.1) is 12.3 Å². The number of aliphatic carboxylic acids is 1. The van der Waals surface area contributed by atoms with Crippen molar-refractivity contribution in [2.75, 3.05) is 5.32 Å². The molecule has 0 aliphatic heterocycles. The highest BCUT2D eigenvalue weighted by Crippen LogP contribution is 2.41. The lowest BCUT2D eigenvalue weighted by atomic mass is 9.69. The standard InChI is InChI=1S/C31H30N2O3S/c1-21-27-14-13-25(19-28(27)37-33-21)24-11-8-23(9-12-24)20-31(16-3-2-4-17-31)30(36)32-26-7-5-6-22(18-26)10-15-29(34)35/h5-15,18-19H,2-4,16-17,20H2,1H3,(H,32,36)(H,34,35)/b15-10+. The Morgan fingerprint density at radius 3 is 2.51 bits per heavy atom. The van der Waals surface area contributed by atoms with Crippen molar-refractivity contribution < 1.29 is 14.7 Å². The third-order valence-electron chi connectivity index (χ3n) is 7.34. The zero-order valence-electron chi connectivity index (χ0n) is 20.9. The molecule has 2 N–H and O–H groups in total. The number of hydrogen-bond acceptors (Lipinski definition) is 4. The average molecular weight is 511 g/mol. The minimum Gasteiger partial charge on any atom is -0.478 e. The molecule has 0 bridgehead atoms. The summed E-state index contributed by atoms with van der Waals surface area (Å²) in [6.45, 7) is 2.04. The van der Waals surface area contributed by atoms with Gasteiger partial charge < -0.3 is 10.4 Å². The van der Waals surface area contributed by atoms with Gasteiger partial charge in [-0.1, -0.05) is 67.8 Å². The highest BCUT2D eigenvalue weighted by Gasteiger charge is 2.39. The molecule has 1 aliphatic rings. The molecule has 1 aromatic heterocycles. The monoisotopic (exact) mass is 510 g/mol. The minimum absolute atomic E-state index is 0.0432. The van der Waals surface area contributed by atoms with Crippen molar-refractivity contribution in [2.45, 2.75) is 45.4 Å². The minimum atomic E-state index is -0.999. The number of aromatic nitrogens is 1. The fourth-order valence-corrected chi connectivity index (χ4v) is 6.14. The van der Waals surface area contributed by atoms with Gasteiger partial charge in [0.15, 0.2) is 0 Å². The average Bonchev–Trinajstić information content (AvgIpc) is 3.28. The molecule has 37 heavy (non-hydrogen) atoms. The maximum Gasteiger partial charge on any atom is 0.328 e. The summed E-state index contributed by atoms with van der Waals surface area (Å²) < 4.78 is 5.66. The first-order valence-electron chi connectivity index (χ1n) is 12.7. The van der Waals surface area contributed by atoms with Crippen molar-refractivity contribution in [1.82, 2.24) is 4.37 Å². The van der Waals surface area contributed by atoms with Crippen LogP contribution in [0.2, 0.25) is 0 Å². The van der Waals surface area contributed by atoms with E-state index in [0.717, 1.165) is 60.6 Å². The van der Waals surface area contributed by atoms with Gasteiger partial charge in [0.1, 0.15) is 0 Å². The number of hydrogen-bond donors (Lipinski definition) is 2. The molecule has 5 rings (SSSR count). The molecule has 1 aliphatic carbocycles. The van der Waals surface area contributed by atoms with Crippen LogP contribution in [0.5, 0.6) is 0 Å². The van der Waals surface area contributed by atoms with Crippen LogP contribution in [-0.2, 0) is 16.0 Å². The molecular formula is C31H30N2O3S. The number of amides is 1. The smallest absolute Gasteiger partial charge is 0.328 e. The third-order valence-corrected chi connectivity index (χ3v) is 8.24. The van der Waals surface area contributed by atoms with Gasteiger partial charge in [-0.05, 0) is 84.2 Å². The highest BCUT2D eigenvalue weighted by atomic mass is 32.1. The van der Waals surface area contributed by atoms with Gasteiger partial charge in [-0.25, -0.2) is 4.79 Å². The number of carbonyl (C=O) groups is 2. The molecule has 0 unspecified atom stereocenters. The van der Waals surface area contributed by atoms with Gasteiger partial charge in [0.2, 0.25) is 5.91 Å². The first-order chi connectivity index (χ1) is 17.9. The van der Waals surface area contributed by atoms with Crippen LogP contribution in [0.15, 0.2) is 72.8 Å². The normalized spacial score (nSPS) is 15.2. The lowest BCUT2D eigenvalue weighted by Gasteiger charge is -2.36. The summed E-state index contributed by atoms with van der Waals surface area (Å²) >= 11 is 1.53. The number of fused-ring (bicyclic) bond motifs is 1. The summed E-state index contributed by atoms with van der Waals surface area (Å²) in [5.41, 5.74) is 5.53. The molecule has 0 saturated heterocycles. The molecule has 0 atom stereocenters. The van der Waals surface area contributed by atoms with E-state index in [4.69, 9.17) is 5.11 Å². The fourth-order valence-electron chi connectivity index (χ4n) is 5.31. The van der Waals surface area contributed by atoms with Crippen LogP contribution in [-0.4, -0.2) is 21.4 Å². The number of carbonyl (C=O) groups excluding carboxylic acids is 1. The van der Waals surface area contributed by atoms with Crippen molar-refractivity contribution in [3.05, 3.63) is 89.6 Å². The van der Waals surface area contributed by atoms with E-state index in [0.29, 0.717) is 12.1 Å². The Labute approximate surface area is 221 Å². The molecule has 1 saturated carbocycles. The molecule has 4 aromatic rings. The zero-order valence-corrected chi connectivity index (χ0v) is 21.7. The van der Waals surface area contributed by atoms with Crippen LogP contribution in [0.4, 0.5) is 5.69 Å². The summed E-state index contributed by atoms with van der Waals surface area (Å²) in [6.07, 6.45) is 8.30. The van der Waals surface area contributed by atoms with E-state index in [9.17, 15) is 9.59 Å². The second-order valence-electron chi connectivity index (χ2n) is 9.94. The Hall–Kier alpha value is -3.77. The second kappa shape index (κ2) is 10.7. The van der Waals surface area contributed by atoms with E-state index < -0.39 is 11.4 Å². The predicted molar refractivity (Wildman–Crippen MR) is 151 cm³/mol. The van der Waals surface area contributed by atoms with E-state index >= 15 is 0 Å². The van der Waals surface area contributed by atoms with Crippen molar-refractivity contribution in [3.63, 3.8) is 0 Å². The maximum absolute atomic E-state index is 13.7. The zero-order chi connectivity index (χ0) is 25.8. The van der Waals surface area contributed by atoms with Gasteiger partial charge in [-0.15, -0.1) is 0 Å². The highest BCUT2D eigenvalue weighted by molar-refractivity contribution is 7.13. The van der Waals surface area contributed by atoms with Crippen molar-refractivity contribution in [3.8, 4) is 11.1 Å². The van der Waals surface area contributed by atoms with Gasteiger partial charge in [0.05, 0.1) is 15.8 Å². The van der Waals surface area contributed by atoms with Gasteiger partial charge in [0, 0.05) is 17.1 Å². The molecule has 6 heteroatoms. The van der Waals surface area contributed by atoms with E-state index in [1.807, 2.05) is 31.2 Å². The lowest BCUT2D eigenvalue weighted by Crippen LogP contribution is -2.40. The Bertz CT molecular complexity index is 1460. The van der Waals surface area contributed by atoms with Crippen LogP contribution in [0.25, 0.3) is 27.3 Å². The fraction of sp³-hybridized carbons (Fsp3) is 0.258. The Kier molecular flexibility index (Phi) is 7.19. The molecule has 0 spiro atoms. The molecule has 1 heterocycles. The Morgan fingerprint density at radius 2 is 1.76 bits per heavy atom. The van der Waals surface area contributed by atoms with Crippen LogP contribution < -0.4 is 5.32 Å². The van der Waals surface area contributed by atoms with E-state index in [2.05, 4.69) is 52.2 Å². The predicted octanol–water partition coefficient (Wildman–Crippen LogP) is 7.50. The summed E-state index contributed by atoms with van der Waals surface area (Å²) in [4.78, 5) is 24.5. The number of carboxylic acid groups (broad SMARTS) is 1. The molecule has 1 amide bonds. The van der Waals surface area contributed by atoms with Crippen LogP contribution in [0.3, 0.4) is 0 Å². The molecule has 0 radical (unpaired) electrons. The summed E-state index contributed by atoms with van der Waals surface area (Å²) in [7, 11) is 0. The molecule has 5 nitrogen and oxygen atoms in total. The molecular weight excluding hydrogens is 480 g/mol. The van der Waals surface area contributed by atoms with Gasteiger partial charge in [0.25, 0.3) is 0 Å². The summed E-state index contributed by atoms with van der Waals surface area (Å²) in [6, 6.07) is 22.4. The number of nitrogens with zero attached hydrogens (tertiary/aromatic N) is 1. The largest absolute Gasteiger partial charge is 0.478 e. The first-order valence-corrected chi connectivity index (χ1v) is 13.5. The van der Waals surface area contributed by atoms with Crippen LogP contribution in [0.1, 0.15) is 48.9 Å². The molecule has 188 valence electrons. The first kappa shape index (κ1) is 24.9. The topological polar surface area (TPSA) is 79.3 Å². The molecule has 3 aromatic carbocycles. The van der Waals surface area contributed by atoms with E-state index in [1.54, 1.807) is 0 Å². The summed E-state index contributed by atoms with van der Waals surface area (Å²) in [5, 5.41) is 13.2. The van der Waals surface area contributed by atoms with E-state index in [1.165, 1.54) is 33.3 Å². The quantitative estimate of drug-likeness (QED) is 0.252. The van der Waals surface area contributed by atoms with Crippen LogP contribution >= 0.6 is 11.5 Å². The van der Waals surface area contributed by atoms with Crippen molar-refractivity contribution >= 4 is 45.3 Å². The number of anilines is 1. The number of nitrogens with one attached hydrogen (secondary N) is 1. The number of benzene rings is 3. The van der Waals surface area contributed by atoms with Gasteiger partial charge >= 0.3 is 5.97 Å². The molecule has 1 fully saturated rings. The van der Waals surface area contributed by atoms with Crippen molar-refractivity contribution in [2.24, 2.45) is 5.41 Å². The summed E-state index contributed by atoms with van der Waals surface area (Å²) in [5.74, 6) is -0.956. The Balaban J connectivity index is 1.34. The third kappa shape index (κ3) is 5.65. The van der Waals surface area contributed by atoms with Crippen molar-refractivity contribution in [1.29, 1.82) is 0 Å². The van der Waals surface area contributed by atoms with E-state index in [-0.39, 0.29) is 5.91 Å². The number of rotatable bonds is 7. The maximum atomic E-state index is 13.7. The lowest BCUT2D eigenvalue weighted by molar-refractivity contribution is -0.131. The number of aryl methyl sites for hydroxylation is 1. The second-order valence-corrected chi connectivity index (χ2v) is 10.7. The number of carboxylic acids is 1. The van der Waals surface area contributed by atoms with Gasteiger partial charge in [-0.2, -0.15) is 4.37 Å².